The molecule has 41 heavy (non-hydrogen) atoms. The Morgan fingerprint density at radius 3 is 2.51 bits per heavy atom. The number of nitrogens with one attached hydrogen (secondary N) is 3. The summed E-state index contributed by atoms with van der Waals surface area (Å²) in [6.45, 7) is 5.60. The van der Waals surface area contributed by atoms with E-state index >= 15 is 0 Å². The summed E-state index contributed by atoms with van der Waals surface area (Å²) >= 11 is 0. The molecule has 0 radical (unpaired) electrons. The van der Waals surface area contributed by atoms with Gasteiger partial charge in [0, 0.05) is 45.0 Å². The van der Waals surface area contributed by atoms with Crippen LogP contribution in [0.2, 0.25) is 0 Å². The number of anilines is 1. The summed E-state index contributed by atoms with van der Waals surface area (Å²) in [7, 11) is 0. The van der Waals surface area contributed by atoms with Crippen LogP contribution in [-0.2, 0) is 9.59 Å². The Hall–Kier alpha value is -3.66. The van der Waals surface area contributed by atoms with Gasteiger partial charge in [-0.05, 0) is 69.0 Å². The molecule has 1 unspecified atom stereocenters. The zero-order valence-corrected chi connectivity index (χ0v) is 23.7. The molecule has 3 heterocycles. The molecule has 3 N–H and O–H groups in total. The second-order valence-corrected chi connectivity index (χ2v) is 11.4. The Balaban J connectivity index is 1.22. The second kappa shape index (κ2) is 12.9. The number of fused-ring (bicyclic) bond motifs is 1. The van der Waals surface area contributed by atoms with E-state index in [1.165, 1.54) is 12.1 Å². The number of carbonyl (C=O) groups is 3. The molecule has 5 rings (SSSR count). The highest BCUT2D eigenvalue weighted by Gasteiger charge is 2.43. The normalized spacial score (nSPS) is 24.0. The summed E-state index contributed by atoms with van der Waals surface area (Å²) in [4.78, 5) is 43.9. The molecular weight excluding hydrogens is 525 g/mol. The van der Waals surface area contributed by atoms with Crippen LogP contribution in [0.25, 0.3) is 0 Å². The number of rotatable bonds is 2. The van der Waals surface area contributed by atoms with E-state index < -0.39 is 5.41 Å². The van der Waals surface area contributed by atoms with Gasteiger partial charge in [0.25, 0.3) is 5.91 Å². The lowest BCUT2D eigenvalue weighted by Crippen LogP contribution is -2.60. The van der Waals surface area contributed by atoms with Crippen molar-refractivity contribution >= 4 is 23.4 Å². The number of piperidine rings is 1. The van der Waals surface area contributed by atoms with Gasteiger partial charge in [-0.25, -0.2) is 4.39 Å². The summed E-state index contributed by atoms with van der Waals surface area (Å²) in [5.41, 5.74) is 0.819. The first kappa shape index (κ1) is 28.9. The minimum Gasteiger partial charge on any atom is -0.491 e. The number of hydrogen-bond donors (Lipinski definition) is 3. The first-order valence-corrected chi connectivity index (χ1v) is 14.7. The van der Waals surface area contributed by atoms with Gasteiger partial charge in [-0.1, -0.05) is 18.6 Å². The Morgan fingerprint density at radius 2 is 1.73 bits per heavy atom. The van der Waals surface area contributed by atoms with Gasteiger partial charge in [0.15, 0.2) is 0 Å². The lowest BCUT2D eigenvalue weighted by molar-refractivity contribution is -0.142. The van der Waals surface area contributed by atoms with Gasteiger partial charge in [-0.15, -0.1) is 0 Å². The van der Waals surface area contributed by atoms with Crippen molar-refractivity contribution in [1.29, 1.82) is 0 Å². The van der Waals surface area contributed by atoms with Gasteiger partial charge in [0.05, 0.1) is 17.0 Å². The van der Waals surface area contributed by atoms with Crippen LogP contribution in [0.15, 0.2) is 48.5 Å². The highest BCUT2D eigenvalue weighted by atomic mass is 19.1. The second-order valence-electron chi connectivity index (χ2n) is 11.4. The number of ether oxygens (including phenoxy) is 1. The molecule has 3 amide bonds. The number of carbonyl (C=O) groups excluding carboxylic acids is 3. The fourth-order valence-electron chi connectivity index (χ4n) is 6.07. The van der Waals surface area contributed by atoms with Gasteiger partial charge in [0.1, 0.15) is 24.2 Å². The van der Waals surface area contributed by atoms with Crippen molar-refractivity contribution in [2.45, 2.75) is 51.1 Å². The van der Waals surface area contributed by atoms with Gasteiger partial charge < -0.3 is 30.5 Å². The third-order valence-corrected chi connectivity index (χ3v) is 8.54. The molecule has 2 saturated heterocycles. The molecule has 0 saturated carbocycles. The zero-order valence-electron chi connectivity index (χ0n) is 23.7. The summed E-state index contributed by atoms with van der Waals surface area (Å²) < 4.78 is 19.3. The van der Waals surface area contributed by atoms with Crippen molar-refractivity contribution in [2.75, 3.05) is 50.8 Å². The lowest BCUT2D eigenvalue weighted by Gasteiger charge is -2.43. The van der Waals surface area contributed by atoms with Crippen molar-refractivity contribution < 1.29 is 23.5 Å². The number of nitrogens with zero attached hydrogens (tertiary/aromatic N) is 2. The van der Waals surface area contributed by atoms with E-state index in [4.69, 9.17) is 4.74 Å². The van der Waals surface area contributed by atoms with Crippen LogP contribution in [0.1, 0.15) is 49.4 Å². The molecule has 3 aliphatic rings. The van der Waals surface area contributed by atoms with Crippen LogP contribution in [0, 0.1) is 11.2 Å². The van der Waals surface area contributed by atoms with E-state index in [0.29, 0.717) is 63.3 Å². The minimum atomic E-state index is -0.572. The summed E-state index contributed by atoms with van der Waals surface area (Å²) in [6, 6.07) is 12.9. The molecule has 220 valence electrons. The van der Waals surface area contributed by atoms with Gasteiger partial charge in [-0.3, -0.25) is 14.4 Å². The first-order chi connectivity index (χ1) is 19.8. The van der Waals surface area contributed by atoms with Crippen molar-refractivity contribution in [2.24, 2.45) is 5.41 Å². The predicted octanol–water partition coefficient (Wildman–Crippen LogP) is 2.71. The van der Waals surface area contributed by atoms with Crippen LogP contribution in [0.3, 0.4) is 0 Å². The number of para-hydroxylation sites is 1. The van der Waals surface area contributed by atoms with Crippen LogP contribution in [0.4, 0.5) is 10.1 Å². The number of piperazine rings is 1. The minimum absolute atomic E-state index is 0.00774. The lowest BCUT2D eigenvalue weighted by atomic mass is 9.73. The summed E-state index contributed by atoms with van der Waals surface area (Å²) in [5, 5.41) is 9.49. The molecule has 2 atom stereocenters. The van der Waals surface area contributed by atoms with Crippen LogP contribution < -0.4 is 25.6 Å². The van der Waals surface area contributed by atoms with E-state index in [-0.39, 0.29) is 42.2 Å². The van der Waals surface area contributed by atoms with E-state index in [0.717, 1.165) is 25.1 Å². The highest BCUT2D eigenvalue weighted by molar-refractivity contribution is 5.96. The van der Waals surface area contributed by atoms with Crippen LogP contribution >= 0.6 is 0 Å². The molecule has 0 aromatic heterocycles. The van der Waals surface area contributed by atoms with Crippen molar-refractivity contribution in [3.63, 3.8) is 0 Å². The fourth-order valence-corrected chi connectivity index (χ4v) is 6.07. The van der Waals surface area contributed by atoms with Crippen LogP contribution in [0.5, 0.6) is 5.75 Å². The number of likely N-dealkylation sites (tertiary alicyclic amines) is 1. The standard InChI is InChI=1S/C31H40FN5O4/c1-22-21-41-27-7-3-2-6-25(27)28(38)34-15-5-4-12-31(30(40)35-22)13-17-36(18-14-31)29(39)26-20-37(19-16-33-26)24-10-8-23(32)9-11-24/h2-3,6-11,22,26,33H,4-5,12-21H2,1H3,(H,34,38)(H,35,40)/t22-,26?/m1/s1. The SMILES string of the molecule is C[C@@H]1COc2ccccc2C(=O)NCCCCC2(CCN(C(=O)C3CN(c4ccc(F)cc4)CCN3)CC2)C(=O)N1. The number of halogens is 1. The van der Waals surface area contributed by atoms with Gasteiger partial charge in [-0.2, -0.15) is 0 Å². The maximum Gasteiger partial charge on any atom is 0.255 e. The topological polar surface area (TPSA) is 103 Å². The third-order valence-electron chi connectivity index (χ3n) is 8.54. The van der Waals surface area contributed by atoms with Crippen molar-refractivity contribution in [3.8, 4) is 5.75 Å². The Bertz CT molecular complexity index is 1230. The van der Waals surface area contributed by atoms with Crippen LogP contribution in [-0.4, -0.2) is 80.6 Å². The van der Waals surface area contributed by atoms with E-state index in [9.17, 15) is 18.8 Å². The Labute approximate surface area is 240 Å². The maximum absolute atomic E-state index is 13.7. The molecule has 0 aliphatic carbocycles. The molecule has 2 fully saturated rings. The molecule has 1 spiro atoms. The average Bonchev–Trinajstić information content (AvgIpc) is 3.00. The molecule has 2 aromatic rings. The number of hydrogen-bond acceptors (Lipinski definition) is 6. The fraction of sp³-hybridized carbons (Fsp3) is 0.516. The molecule has 0 bridgehead atoms. The van der Waals surface area contributed by atoms with Gasteiger partial charge in [0.2, 0.25) is 11.8 Å². The molecule has 3 aliphatic heterocycles. The summed E-state index contributed by atoms with van der Waals surface area (Å²) in [5.74, 6) is 0.103. The summed E-state index contributed by atoms with van der Waals surface area (Å²) in [6.07, 6.45) is 3.42. The predicted molar refractivity (Wildman–Crippen MR) is 154 cm³/mol. The van der Waals surface area contributed by atoms with Crippen molar-refractivity contribution in [3.05, 3.63) is 59.9 Å². The smallest absolute Gasteiger partial charge is 0.255 e. The quantitative estimate of drug-likeness (QED) is 0.518. The third kappa shape index (κ3) is 6.81. The Morgan fingerprint density at radius 1 is 0.976 bits per heavy atom. The molecular formula is C31H40FN5O4. The molecule has 9 nitrogen and oxygen atoms in total. The number of benzene rings is 2. The molecule has 2 aromatic carbocycles. The highest BCUT2D eigenvalue weighted by Crippen LogP contribution is 2.37. The largest absolute Gasteiger partial charge is 0.491 e. The first-order valence-electron chi connectivity index (χ1n) is 14.7. The van der Waals surface area contributed by atoms with E-state index in [1.54, 1.807) is 24.3 Å². The van der Waals surface area contributed by atoms with Gasteiger partial charge >= 0.3 is 0 Å². The Kier molecular flexibility index (Phi) is 9.07. The average molecular weight is 566 g/mol. The van der Waals surface area contributed by atoms with E-state index in [2.05, 4.69) is 20.9 Å². The van der Waals surface area contributed by atoms with Crippen molar-refractivity contribution in [1.82, 2.24) is 20.9 Å². The maximum atomic E-state index is 13.7. The number of amides is 3. The zero-order chi connectivity index (χ0) is 28.8. The monoisotopic (exact) mass is 565 g/mol. The van der Waals surface area contributed by atoms with E-state index in [1.807, 2.05) is 24.0 Å². The molecule has 10 heteroatoms.